The summed E-state index contributed by atoms with van der Waals surface area (Å²) in [5.41, 5.74) is 0. The molecule has 0 aromatic heterocycles. The lowest BCUT2D eigenvalue weighted by atomic mass is 10.1. The molecule has 4 N–H and O–H groups in total. The minimum absolute atomic E-state index is 0.0206. The minimum atomic E-state index is -0.0206. The molecule has 0 heterocycles. The van der Waals surface area contributed by atoms with E-state index in [1.54, 1.807) is 0 Å². The van der Waals surface area contributed by atoms with E-state index in [9.17, 15) is 4.79 Å². The number of aliphatic hydroxyl groups is 2. The van der Waals surface area contributed by atoms with Gasteiger partial charge < -0.3 is 20.8 Å². The molecule has 0 spiro atoms. The van der Waals surface area contributed by atoms with Crippen LogP contribution in [0.5, 0.6) is 0 Å². The lowest BCUT2D eigenvalue weighted by Crippen LogP contribution is -2.36. The Hall–Kier alpha value is -0.810. The van der Waals surface area contributed by atoms with E-state index in [4.69, 9.17) is 10.2 Å². The average molecular weight is 401 g/mol. The molecule has 0 saturated carbocycles. The molecule has 0 rings (SSSR count). The first kappa shape index (κ1) is 27.2. The van der Waals surface area contributed by atoms with Crippen molar-refractivity contribution in [2.75, 3.05) is 26.3 Å². The molecule has 0 fully saturated rings. The molecule has 28 heavy (non-hydrogen) atoms. The molecule has 0 atom stereocenters. The van der Waals surface area contributed by atoms with Crippen molar-refractivity contribution in [1.29, 1.82) is 0 Å². The van der Waals surface area contributed by atoms with Gasteiger partial charge in [0.2, 0.25) is 0 Å². The van der Waals surface area contributed by atoms with Gasteiger partial charge in [-0.15, -0.1) is 0 Å². The summed E-state index contributed by atoms with van der Waals surface area (Å²) >= 11 is 0. The van der Waals surface area contributed by atoms with Gasteiger partial charge in [-0.05, 0) is 25.7 Å². The topological polar surface area (TPSA) is 81.6 Å². The van der Waals surface area contributed by atoms with Crippen LogP contribution in [0.25, 0.3) is 0 Å². The molecule has 2 amide bonds. The zero-order valence-electron chi connectivity index (χ0n) is 18.4. The smallest absolute Gasteiger partial charge is 0.314 e. The molecule has 0 aromatic rings. The quantitative estimate of drug-likeness (QED) is 0.186. The highest BCUT2D eigenvalue weighted by Gasteiger charge is 1.99. The number of carbonyl (C=O) groups is 1. The molecule has 0 aliphatic rings. The highest BCUT2D eigenvalue weighted by Crippen LogP contribution is 2.10. The van der Waals surface area contributed by atoms with Crippen LogP contribution >= 0.6 is 0 Å². The first-order valence-electron chi connectivity index (χ1n) is 12.0. The van der Waals surface area contributed by atoms with E-state index in [1.165, 1.54) is 77.0 Å². The summed E-state index contributed by atoms with van der Waals surface area (Å²) in [7, 11) is 0. The summed E-state index contributed by atoms with van der Waals surface area (Å²) < 4.78 is 0. The number of amides is 2. The van der Waals surface area contributed by atoms with Gasteiger partial charge in [-0.25, -0.2) is 4.79 Å². The van der Waals surface area contributed by atoms with Crippen LogP contribution in [0.1, 0.15) is 116 Å². The van der Waals surface area contributed by atoms with Crippen molar-refractivity contribution in [1.82, 2.24) is 10.6 Å². The Morgan fingerprint density at radius 2 is 0.679 bits per heavy atom. The third kappa shape index (κ3) is 23.2. The Morgan fingerprint density at radius 1 is 0.429 bits per heavy atom. The van der Waals surface area contributed by atoms with Crippen molar-refractivity contribution in [3.8, 4) is 0 Å². The highest BCUT2D eigenvalue weighted by molar-refractivity contribution is 5.73. The van der Waals surface area contributed by atoms with Crippen LogP contribution in [0.2, 0.25) is 0 Å². The van der Waals surface area contributed by atoms with E-state index in [0.717, 1.165) is 51.6 Å². The Kier molecular flexibility index (Phi) is 23.5. The van der Waals surface area contributed by atoms with Crippen LogP contribution in [0, 0.1) is 0 Å². The first-order chi connectivity index (χ1) is 13.8. The Morgan fingerprint density at radius 3 is 0.964 bits per heavy atom. The van der Waals surface area contributed by atoms with Gasteiger partial charge in [0.15, 0.2) is 0 Å². The molecule has 0 unspecified atom stereocenters. The van der Waals surface area contributed by atoms with Crippen molar-refractivity contribution < 1.29 is 15.0 Å². The Labute approximate surface area is 174 Å². The van der Waals surface area contributed by atoms with Gasteiger partial charge in [-0.3, -0.25) is 0 Å². The second-order valence-electron chi connectivity index (χ2n) is 7.99. The summed E-state index contributed by atoms with van der Waals surface area (Å²) in [4.78, 5) is 11.7. The predicted octanol–water partition coefficient (Wildman–Crippen LogP) is 5.29. The molecule has 0 aliphatic carbocycles. The van der Waals surface area contributed by atoms with E-state index in [1.807, 2.05) is 0 Å². The predicted molar refractivity (Wildman–Crippen MR) is 119 cm³/mol. The van der Waals surface area contributed by atoms with Crippen LogP contribution in [-0.4, -0.2) is 42.5 Å². The van der Waals surface area contributed by atoms with Gasteiger partial charge in [-0.1, -0.05) is 89.9 Å². The van der Waals surface area contributed by atoms with Crippen molar-refractivity contribution in [2.24, 2.45) is 0 Å². The summed E-state index contributed by atoms with van der Waals surface area (Å²) in [5, 5.41) is 23.3. The SMILES string of the molecule is O=C(NCCCCCCCCCCCO)NCCCCCCCCCCCO. The first-order valence-corrected chi connectivity index (χ1v) is 12.0. The number of aliphatic hydroxyl groups excluding tert-OH is 2. The maximum Gasteiger partial charge on any atom is 0.314 e. The standard InChI is InChI=1S/C23H48N2O3/c26-21-17-13-9-5-1-3-7-11-15-19-24-23(28)25-20-16-12-8-4-2-6-10-14-18-22-27/h26-27H,1-22H2,(H2,24,25,28). The number of nitrogens with one attached hydrogen (secondary N) is 2. The van der Waals surface area contributed by atoms with Gasteiger partial charge in [-0.2, -0.15) is 0 Å². The largest absolute Gasteiger partial charge is 0.396 e. The second-order valence-corrected chi connectivity index (χ2v) is 7.99. The summed E-state index contributed by atoms with van der Waals surface area (Å²) in [6, 6.07) is -0.0206. The van der Waals surface area contributed by atoms with Crippen LogP contribution in [0.3, 0.4) is 0 Å². The van der Waals surface area contributed by atoms with E-state index >= 15 is 0 Å². The van der Waals surface area contributed by atoms with Crippen LogP contribution in [0.15, 0.2) is 0 Å². The zero-order chi connectivity index (χ0) is 20.5. The van der Waals surface area contributed by atoms with Crippen molar-refractivity contribution in [2.45, 2.75) is 116 Å². The number of rotatable bonds is 22. The molecule has 0 bridgehead atoms. The Bertz CT molecular complexity index is 286. The van der Waals surface area contributed by atoms with E-state index in [2.05, 4.69) is 10.6 Å². The fourth-order valence-corrected chi connectivity index (χ4v) is 3.41. The monoisotopic (exact) mass is 400 g/mol. The third-order valence-corrected chi connectivity index (χ3v) is 5.24. The lowest BCUT2D eigenvalue weighted by molar-refractivity contribution is 0.240. The zero-order valence-corrected chi connectivity index (χ0v) is 18.4. The van der Waals surface area contributed by atoms with Crippen molar-refractivity contribution in [3.63, 3.8) is 0 Å². The molecule has 168 valence electrons. The van der Waals surface area contributed by atoms with Crippen LogP contribution < -0.4 is 10.6 Å². The van der Waals surface area contributed by atoms with E-state index < -0.39 is 0 Å². The summed E-state index contributed by atoms with van der Waals surface area (Å²) in [5.74, 6) is 0. The number of hydrogen-bond donors (Lipinski definition) is 4. The van der Waals surface area contributed by atoms with Gasteiger partial charge in [0, 0.05) is 26.3 Å². The minimum Gasteiger partial charge on any atom is -0.396 e. The third-order valence-electron chi connectivity index (χ3n) is 5.24. The molecule has 0 aromatic carbocycles. The summed E-state index contributed by atoms with van der Waals surface area (Å²) in [6.45, 7) is 2.21. The highest BCUT2D eigenvalue weighted by atomic mass is 16.3. The molecule has 0 radical (unpaired) electrons. The number of urea groups is 1. The van der Waals surface area contributed by atoms with E-state index in [-0.39, 0.29) is 6.03 Å². The van der Waals surface area contributed by atoms with Gasteiger partial charge >= 0.3 is 6.03 Å². The molecule has 0 aliphatic heterocycles. The van der Waals surface area contributed by atoms with E-state index in [0.29, 0.717) is 13.2 Å². The van der Waals surface area contributed by atoms with Gasteiger partial charge in [0.25, 0.3) is 0 Å². The summed E-state index contributed by atoms with van der Waals surface area (Å²) in [6.07, 6.45) is 21.4. The molecular weight excluding hydrogens is 352 g/mol. The van der Waals surface area contributed by atoms with Crippen molar-refractivity contribution >= 4 is 6.03 Å². The molecular formula is C23H48N2O3. The molecule has 5 heteroatoms. The normalized spacial score (nSPS) is 10.9. The molecule has 5 nitrogen and oxygen atoms in total. The molecule has 0 saturated heterocycles. The maximum atomic E-state index is 11.7. The second kappa shape index (κ2) is 24.2. The lowest BCUT2D eigenvalue weighted by Gasteiger charge is -2.08. The number of carbonyl (C=O) groups excluding carboxylic acids is 1. The Balaban J connectivity index is 3.13. The fourth-order valence-electron chi connectivity index (χ4n) is 3.41. The maximum absolute atomic E-state index is 11.7. The number of unbranched alkanes of at least 4 members (excludes halogenated alkanes) is 16. The van der Waals surface area contributed by atoms with Crippen LogP contribution in [0.4, 0.5) is 4.79 Å². The fraction of sp³-hybridized carbons (Fsp3) is 0.957. The van der Waals surface area contributed by atoms with Crippen LogP contribution in [-0.2, 0) is 0 Å². The van der Waals surface area contributed by atoms with Crippen molar-refractivity contribution in [3.05, 3.63) is 0 Å². The van der Waals surface area contributed by atoms with Gasteiger partial charge in [0.05, 0.1) is 0 Å². The number of hydrogen-bond acceptors (Lipinski definition) is 3. The van der Waals surface area contributed by atoms with Gasteiger partial charge in [0.1, 0.15) is 0 Å². The average Bonchev–Trinajstić information content (AvgIpc) is 2.70.